The Morgan fingerprint density at radius 2 is 2.35 bits per heavy atom. The lowest BCUT2D eigenvalue weighted by Gasteiger charge is -2.18. The van der Waals surface area contributed by atoms with Gasteiger partial charge in [-0.15, -0.1) is 0 Å². The molecule has 0 spiro atoms. The zero-order chi connectivity index (χ0) is 14.7. The average Bonchev–Trinajstić information content (AvgIpc) is 2.77. The minimum Gasteiger partial charge on any atom is -0.311 e. The third-order valence-electron chi connectivity index (χ3n) is 3.10. The Hall–Kier alpha value is -1.51. The molecule has 0 saturated carbocycles. The molecular formula is C14H13ClN2O2S. The smallest absolute Gasteiger partial charge is 0.227 e. The van der Waals surface area contributed by atoms with Gasteiger partial charge in [-0.25, -0.2) is 0 Å². The lowest BCUT2D eigenvalue weighted by atomic mass is 10.1. The molecule has 1 heterocycles. The molecule has 1 saturated heterocycles. The predicted octanol–water partition coefficient (Wildman–Crippen LogP) is 2.84. The van der Waals surface area contributed by atoms with Gasteiger partial charge in [-0.05, 0) is 24.1 Å². The normalized spacial score (nSPS) is 18.1. The van der Waals surface area contributed by atoms with Crippen LogP contribution in [0, 0.1) is 17.2 Å². The molecule has 1 fully saturated rings. The van der Waals surface area contributed by atoms with E-state index in [4.69, 9.17) is 16.9 Å². The summed E-state index contributed by atoms with van der Waals surface area (Å²) in [6, 6.07) is 6.96. The summed E-state index contributed by atoms with van der Waals surface area (Å²) in [5.41, 5.74) is 0.989. The number of carbonyl (C=O) groups is 2. The monoisotopic (exact) mass is 308 g/mol. The van der Waals surface area contributed by atoms with Gasteiger partial charge in [0.25, 0.3) is 0 Å². The molecule has 2 rings (SSSR count). The fourth-order valence-electron chi connectivity index (χ4n) is 2.18. The quantitative estimate of drug-likeness (QED) is 0.861. The first-order valence-corrected chi connectivity index (χ1v) is 7.51. The summed E-state index contributed by atoms with van der Waals surface area (Å²) < 4.78 is 0. The van der Waals surface area contributed by atoms with Crippen LogP contribution in [0.15, 0.2) is 18.2 Å². The maximum atomic E-state index is 12.1. The second kappa shape index (κ2) is 6.29. The summed E-state index contributed by atoms with van der Waals surface area (Å²) in [7, 11) is 0. The number of rotatable bonds is 3. The summed E-state index contributed by atoms with van der Waals surface area (Å²) in [5.74, 6) is 0.722. The van der Waals surface area contributed by atoms with Crippen LogP contribution >= 0.6 is 23.4 Å². The van der Waals surface area contributed by atoms with Crippen LogP contribution in [0.25, 0.3) is 0 Å². The van der Waals surface area contributed by atoms with Crippen molar-refractivity contribution in [1.82, 2.24) is 0 Å². The van der Waals surface area contributed by atoms with Crippen LogP contribution in [-0.4, -0.2) is 23.3 Å². The van der Waals surface area contributed by atoms with Crippen molar-refractivity contribution in [2.75, 3.05) is 17.2 Å². The summed E-state index contributed by atoms with van der Waals surface area (Å²) in [4.78, 5) is 24.7. The molecule has 1 unspecified atom stereocenters. The van der Waals surface area contributed by atoms with Crippen LogP contribution in [0.4, 0.5) is 5.69 Å². The van der Waals surface area contributed by atoms with E-state index in [1.54, 1.807) is 23.1 Å². The first kappa shape index (κ1) is 14.9. The second-order valence-electron chi connectivity index (χ2n) is 4.65. The lowest BCUT2D eigenvalue weighted by Crippen LogP contribution is -2.25. The van der Waals surface area contributed by atoms with Gasteiger partial charge in [0.2, 0.25) is 5.91 Å². The molecule has 1 aromatic carbocycles. The highest BCUT2D eigenvalue weighted by molar-refractivity contribution is 8.13. The van der Waals surface area contributed by atoms with E-state index in [9.17, 15) is 9.59 Å². The number of carbonyl (C=O) groups excluding carboxylic acids is 2. The third kappa shape index (κ3) is 3.33. The van der Waals surface area contributed by atoms with Crippen molar-refractivity contribution >= 4 is 40.1 Å². The van der Waals surface area contributed by atoms with Crippen molar-refractivity contribution in [2.45, 2.75) is 13.3 Å². The van der Waals surface area contributed by atoms with E-state index in [1.807, 2.05) is 0 Å². The molecule has 1 aromatic rings. The highest BCUT2D eigenvalue weighted by Gasteiger charge is 2.32. The summed E-state index contributed by atoms with van der Waals surface area (Å²) in [6.45, 7) is 2.04. The Labute approximate surface area is 126 Å². The van der Waals surface area contributed by atoms with E-state index in [0.717, 1.165) is 0 Å². The summed E-state index contributed by atoms with van der Waals surface area (Å²) in [6.07, 6.45) is 0.400. The zero-order valence-electron chi connectivity index (χ0n) is 10.9. The van der Waals surface area contributed by atoms with Crippen molar-refractivity contribution in [3.05, 3.63) is 28.8 Å². The van der Waals surface area contributed by atoms with Crippen LogP contribution in [0.3, 0.4) is 0 Å². The highest BCUT2D eigenvalue weighted by Crippen LogP contribution is 2.31. The molecule has 0 aliphatic carbocycles. The number of benzene rings is 1. The zero-order valence-corrected chi connectivity index (χ0v) is 12.5. The van der Waals surface area contributed by atoms with Crippen molar-refractivity contribution in [3.63, 3.8) is 0 Å². The van der Waals surface area contributed by atoms with Gasteiger partial charge in [0.15, 0.2) is 5.12 Å². The number of anilines is 1. The second-order valence-corrected chi connectivity index (χ2v) is 6.28. The largest absolute Gasteiger partial charge is 0.311 e. The van der Waals surface area contributed by atoms with Gasteiger partial charge < -0.3 is 4.90 Å². The Kier molecular flexibility index (Phi) is 4.69. The van der Waals surface area contributed by atoms with Crippen LogP contribution in [0.2, 0.25) is 5.02 Å². The molecule has 0 radical (unpaired) electrons. The van der Waals surface area contributed by atoms with E-state index in [1.165, 1.54) is 18.7 Å². The number of nitrogens with zero attached hydrogens (tertiary/aromatic N) is 2. The Morgan fingerprint density at radius 3 is 3.00 bits per heavy atom. The van der Waals surface area contributed by atoms with Crippen molar-refractivity contribution in [3.8, 4) is 6.07 Å². The maximum absolute atomic E-state index is 12.1. The van der Waals surface area contributed by atoms with Gasteiger partial charge in [0, 0.05) is 30.7 Å². The molecule has 1 amide bonds. The fraction of sp³-hybridized carbons (Fsp3) is 0.357. The molecule has 0 aromatic heterocycles. The molecule has 0 bridgehead atoms. The summed E-state index contributed by atoms with van der Waals surface area (Å²) >= 11 is 7.17. The van der Waals surface area contributed by atoms with Crippen LogP contribution in [-0.2, 0) is 9.59 Å². The van der Waals surface area contributed by atoms with Crippen molar-refractivity contribution in [2.24, 2.45) is 5.92 Å². The Balaban J connectivity index is 2.18. The Morgan fingerprint density at radius 1 is 1.60 bits per heavy atom. The van der Waals surface area contributed by atoms with E-state index in [2.05, 4.69) is 6.07 Å². The standard InChI is InChI=1S/C14H13ClN2O2S/c1-9(18)20-8-10-4-14(19)17(7-10)13-5-12(15)3-2-11(13)6-16/h2-3,5,10H,4,7-8H2,1H3. The minimum atomic E-state index is -0.0297. The third-order valence-corrected chi connectivity index (χ3v) is 4.38. The van der Waals surface area contributed by atoms with Crippen molar-refractivity contribution in [1.29, 1.82) is 5.26 Å². The van der Waals surface area contributed by atoms with Gasteiger partial charge in [0.1, 0.15) is 6.07 Å². The van der Waals surface area contributed by atoms with Crippen LogP contribution < -0.4 is 4.90 Å². The number of hydrogen-bond donors (Lipinski definition) is 0. The molecule has 1 aliphatic rings. The molecular weight excluding hydrogens is 296 g/mol. The van der Waals surface area contributed by atoms with Gasteiger partial charge in [-0.3, -0.25) is 9.59 Å². The molecule has 104 valence electrons. The SMILES string of the molecule is CC(=O)SCC1CC(=O)N(c2cc(Cl)ccc2C#N)C1. The molecule has 1 atom stereocenters. The molecule has 1 aliphatic heterocycles. The molecule has 4 nitrogen and oxygen atoms in total. The molecule has 6 heteroatoms. The van der Waals surface area contributed by atoms with E-state index in [-0.39, 0.29) is 16.9 Å². The Bertz CT molecular complexity index is 597. The van der Waals surface area contributed by atoms with Crippen molar-refractivity contribution < 1.29 is 9.59 Å². The first-order valence-electron chi connectivity index (χ1n) is 6.14. The first-order chi connectivity index (χ1) is 9.51. The van der Waals surface area contributed by atoms with E-state index < -0.39 is 0 Å². The maximum Gasteiger partial charge on any atom is 0.227 e. The van der Waals surface area contributed by atoms with E-state index in [0.29, 0.717) is 35.0 Å². The number of thioether (sulfide) groups is 1. The van der Waals surface area contributed by atoms with Gasteiger partial charge in [0.05, 0.1) is 11.3 Å². The average molecular weight is 309 g/mol. The highest BCUT2D eigenvalue weighted by atomic mass is 35.5. The molecule has 20 heavy (non-hydrogen) atoms. The number of nitriles is 1. The fourth-order valence-corrected chi connectivity index (χ4v) is 3.04. The summed E-state index contributed by atoms with van der Waals surface area (Å²) in [5, 5.41) is 9.66. The van der Waals surface area contributed by atoms with E-state index >= 15 is 0 Å². The number of hydrogen-bond acceptors (Lipinski definition) is 4. The van der Waals surface area contributed by atoms with Gasteiger partial charge in [-0.2, -0.15) is 5.26 Å². The van der Waals surface area contributed by atoms with Crippen LogP contribution in [0.5, 0.6) is 0 Å². The number of amides is 1. The molecule has 0 N–H and O–H groups in total. The minimum absolute atomic E-state index is 0.0297. The lowest BCUT2D eigenvalue weighted by molar-refractivity contribution is -0.117. The number of halogens is 1. The van der Waals surface area contributed by atoms with Gasteiger partial charge >= 0.3 is 0 Å². The van der Waals surface area contributed by atoms with Gasteiger partial charge in [-0.1, -0.05) is 23.4 Å². The van der Waals surface area contributed by atoms with Crippen LogP contribution in [0.1, 0.15) is 18.9 Å². The predicted molar refractivity (Wildman–Crippen MR) is 79.8 cm³/mol. The topological polar surface area (TPSA) is 61.2 Å².